The lowest BCUT2D eigenvalue weighted by molar-refractivity contribution is -0.136. The van der Waals surface area contributed by atoms with Crippen molar-refractivity contribution in [3.05, 3.63) is 11.3 Å². The average Bonchev–Trinajstić information content (AvgIpc) is 2.14. The van der Waals surface area contributed by atoms with Gasteiger partial charge in [-0.25, -0.2) is 4.79 Å². The summed E-state index contributed by atoms with van der Waals surface area (Å²) in [4.78, 5) is 20.9. The molecule has 1 rings (SSSR count). The maximum Gasteiger partial charge on any atom is 0.371 e. The molecule has 1 N–H and O–H groups in total. The second kappa shape index (κ2) is 2.13. The van der Waals surface area contributed by atoms with Crippen LogP contribution in [0.3, 0.4) is 0 Å². The Morgan fingerprint density at radius 1 is 1.70 bits per heavy atom. The van der Waals surface area contributed by atoms with Crippen LogP contribution in [0.1, 0.15) is 6.92 Å². The molecule has 1 aliphatic rings. The first-order valence-corrected chi connectivity index (χ1v) is 2.73. The monoisotopic (exact) mass is 142 g/mol. The van der Waals surface area contributed by atoms with Gasteiger partial charge in [0.2, 0.25) is 5.76 Å². The Labute approximate surface area is 57.1 Å². The Balaban J connectivity index is 2.96. The van der Waals surface area contributed by atoms with E-state index in [-0.39, 0.29) is 23.7 Å². The van der Waals surface area contributed by atoms with E-state index in [0.717, 1.165) is 0 Å². The summed E-state index contributed by atoms with van der Waals surface area (Å²) in [5.41, 5.74) is 0.201. The number of carboxylic acids is 1. The van der Waals surface area contributed by atoms with Crippen molar-refractivity contribution in [3.63, 3.8) is 0 Å². The van der Waals surface area contributed by atoms with Crippen LogP contribution in [0.4, 0.5) is 0 Å². The van der Waals surface area contributed by atoms with Crippen LogP contribution in [0.15, 0.2) is 11.3 Å². The second-order valence-corrected chi connectivity index (χ2v) is 1.97. The Hall–Kier alpha value is -1.32. The highest BCUT2D eigenvalue weighted by Crippen LogP contribution is 2.14. The van der Waals surface area contributed by atoms with Crippen LogP contribution < -0.4 is 0 Å². The third-order valence-electron chi connectivity index (χ3n) is 1.30. The molecule has 0 amide bonds. The van der Waals surface area contributed by atoms with Crippen LogP contribution in [0, 0.1) is 0 Å². The third kappa shape index (κ3) is 0.877. The van der Waals surface area contributed by atoms with E-state index in [1.807, 2.05) is 0 Å². The van der Waals surface area contributed by atoms with Crippen molar-refractivity contribution in [3.8, 4) is 0 Å². The zero-order chi connectivity index (χ0) is 7.72. The van der Waals surface area contributed by atoms with Gasteiger partial charge in [-0.2, -0.15) is 0 Å². The van der Waals surface area contributed by atoms with Gasteiger partial charge < -0.3 is 9.84 Å². The molecule has 0 aliphatic carbocycles. The molecule has 0 aromatic carbocycles. The lowest BCUT2D eigenvalue weighted by atomic mass is 10.2. The second-order valence-electron chi connectivity index (χ2n) is 1.97. The van der Waals surface area contributed by atoms with Gasteiger partial charge in [-0.3, -0.25) is 4.79 Å². The van der Waals surface area contributed by atoms with Crippen LogP contribution >= 0.6 is 0 Å². The standard InChI is InChI=1S/C6H6O4/c1-3-4(7)2-10-5(3)6(8)9/h2H2,1H3,(H,8,9). The molecule has 1 heterocycles. The van der Waals surface area contributed by atoms with Gasteiger partial charge in [0, 0.05) is 5.57 Å². The van der Waals surface area contributed by atoms with Crippen molar-refractivity contribution in [2.45, 2.75) is 6.92 Å². The molecule has 0 fully saturated rings. The predicted octanol–water partition coefficient (Wildman–Crippen LogP) is -0.0557. The van der Waals surface area contributed by atoms with E-state index in [1.54, 1.807) is 0 Å². The fourth-order valence-corrected chi connectivity index (χ4v) is 0.703. The number of rotatable bonds is 1. The molecule has 0 spiro atoms. The van der Waals surface area contributed by atoms with Crippen molar-refractivity contribution < 1.29 is 19.4 Å². The average molecular weight is 142 g/mol. The lowest BCUT2D eigenvalue weighted by Crippen LogP contribution is -2.01. The first-order valence-electron chi connectivity index (χ1n) is 2.73. The molecule has 0 saturated carbocycles. The number of ketones is 1. The number of hydrogen-bond acceptors (Lipinski definition) is 3. The summed E-state index contributed by atoms with van der Waals surface area (Å²) in [5.74, 6) is -1.65. The first-order chi connectivity index (χ1) is 4.63. The third-order valence-corrected chi connectivity index (χ3v) is 1.30. The van der Waals surface area contributed by atoms with Crippen molar-refractivity contribution in [2.24, 2.45) is 0 Å². The van der Waals surface area contributed by atoms with Gasteiger partial charge in [0.25, 0.3) is 0 Å². The quantitative estimate of drug-likeness (QED) is 0.557. The summed E-state index contributed by atoms with van der Waals surface area (Å²) >= 11 is 0. The SMILES string of the molecule is CC1=C(C(=O)O)OCC1=O. The number of hydrogen-bond donors (Lipinski definition) is 1. The Morgan fingerprint density at radius 3 is 2.50 bits per heavy atom. The molecule has 0 saturated heterocycles. The van der Waals surface area contributed by atoms with Gasteiger partial charge in [0.15, 0.2) is 12.4 Å². The lowest BCUT2D eigenvalue weighted by Gasteiger charge is -1.93. The zero-order valence-electron chi connectivity index (χ0n) is 5.38. The molecular weight excluding hydrogens is 136 g/mol. The highest BCUT2D eigenvalue weighted by molar-refractivity contribution is 6.05. The van der Waals surface area contributed by atoms with Gasteiger partial charge >= 0.3 is 5.97 Å². The van der Waals surface area contributed by atoms with Crippen LogP contribution in [-0.2, 0) is 14.3 Å². The van der Waals surface area contributed by atoms with E-state index in [1.165, 1.54) is 6.92 Å². The number of carbonyl (C=O) groups is 2. The van der Waals surface area contributed by atoms with Gasteiger partial charge in [0.1, 0.15) is 0 Å². The van der Waals surface area contributed by atoms with E-state index >= 15 is 0 Å². The van der Waals surface area contributed by atoms with Gasteiger partial charge in [-0.05, 0) is 6.92 Å². The van der Waals surface area contributed by atoms with E-state index in [9.17, 15) is 9.59 Å². The Morgan fingerprint density at radius 2 is 2.30 bits per heavy atom. The van der Waals surface area contributed by atoms with E-state index < -0.39 is 5.97 Å². The Kier molecular flexibility index (Phi) is 1.45. The molecular formula is C6H6O4. The molecule has 4 heteroatoms. The number of carboxylic acid groups (broad SMARTS) is 1. The maximum absolute atomic E-state index is 10.6. The van der Waals surface area contributed by atoms with Crippen molar-refractivity contribution in [1.29, 1.82) is 0 Å². The minimum Gasteiger partial charge on any atom is -0.478 e. The first kappa shape index (κ1) is 6.80. The molecule has 0 aromatic heterocycles. The highest BCUT2D eigenvalue weighted by Gasteiger charge is 2.25. The summed E-state index contributed by atoms with van der Waals surface area (Å²) in [6.45, 7) is 1.31. The molecule has 0 bridgehead atoms. The van der Waals surface area contributed by atoms with E-state index in [2.05, 4.69) is 4.74 Å². The summed E-state index contributed by atoms with van der Waals surface area (Å²) in [7, 11) is 0. The molecule has 0 atom stereocenters. The van der Waals surface area contributed by atoms with Crippen molar-refractivity contribution in [2.75, 3.05) is 6.61 Å². The van der Waals surface area contributed by atoms with Gasteiger partial charge in [-0.1, -0.05) is 0 Å². The normalized spacial score (nSPS) is 17.5. The maximum atomic E-state index is 10.6. The van der Waals surface area contributed by atoms with Crippen molar-refractivity contribution >= 4 is 11.8 Å². The minimum absolute atomic E-state index is 0.131. The molecule has 0 aromatic rings. The number of aliphatic carboxylic acids is 1. The predicted molar refractivity (Wildman–Crippen MR) is 31.3 cm³/mol. The Bertz CT molecular complexity index is 226. The number of ether oxygens (including phenoxy) is 1. The van der Waals surface area contributed by atoms with E-state index in [0.29, 0.717) is 0 Å². The molecule has 0 unspecified atom stereocenters. The summed E-state index contributed by atoms with van der Waals surface area (Å²) < 4.78 is 4.57. The minimum atomic E-state index is -1.18. The van der Waals surface area contributed by atoms with Crippen LogP contribution in [-0.4, -0.2) is 23.5 Å². The van der Waals surface area contributed by atoms with Crippen LogP contribution in [0.25, 0.3) is 0 Å². The molecule has 0 radical (unpaired) electrons. The fraction of sp³-hybridized carbons (Fsp3) is 0.333. The molecule has 4 nitrogen and oxygen atoms in total. The number of carbonyl (C=O) groups excluding carboxylic acids is 1. The molecule has 1 aliphatic heterocycles. The van der Waals surface area contributed by atoms with Crippen LogP contribution in [0.2, 0.25) is 0 Å². The topological polar surface area (TPSA) is 63.6 Å². The van der Waals surface area contributed by atoms with Crippen LogP contribution in [0.5, 0.6) is 0 Å². The number of Topliss-reactive ketones (excluding diaryl/α,β-unsaturated/α-hetero) is 1. The summed E-state index contributed by atoms with van der Waals surface area (Å²) in [6, 6.07) is 0. The summed E-state index contributed by atoms with van der Waals surface area (Å²) in [5, 5.41) is 8.37. The van der Waals surface area contributed by atoms with Crippen molar-refractivity contribution in [1.82, 2.24) is 0 Å². The smallest absolute Gasteiger partial charge is 0.371 e. The molecule has 54 valence electrons. The largest absolute Gasteiger partial charge is 0.478 e. The highest BCUT2D eigenvalue weighted by atomic mass is 16.5. The summed E-state index contributed by atoms with van der Waals surface area (Å²) in [6.07, 6.45) is 0. The van der Waals surface area contributed by atoms with Gasteiger partial charge in [0.05, 0.1) is 0 Å². The van der Waals surface area contributed by atoms with E-state index in [4.69, 9.17) is 5.11 Å². The fourth-order valence-electron chi connectivity index (χ4n) is 0.703. The zero-order valence-corrected chi connectivity index (χ0v) is 5.38. The molecule has 10 heavy (non-hydrogen) atoms. The van der Waals surface area contributed by atoms with Gasteiger partial charge in [-0.15, -0.1) is 0 Å².